The number of anilines is 1. The molecule has 7 heteroatoms. The van der Waals surface area contributed by atoms with E-state index < -0.39 is 11.7 Å². The highest BCUT2D eigenvalue weighted by molar-refractivity contribution is 6.28. The number of hydrogen-bond donors (Lipinski definition) is 2. The summed E-state index contributed by atoms with van der Waals surface area (Å²) < 4.78 is 38.8. The van der Waals surface area contributed by atoms with Crippen molar-refractivity contribution in [1.82, 2.24) is 0 Å². The third kappa shape index (κ3) is 4.64. The van der Waals surface area contributed by atoms with E-state index in [1.54, 1.807) is 0 Å². The lowest BCUT2D eigenvalue weighted by Crippen LogP contribution is -2.13. The van der Waals surface area contributed by atoms with Crippen LogP contribution in [0.5, 0.6) is 0 Å². The molecular weight excluding hydrogens is 339 g/mol. The Bertz CT molecular complexity index is 715. The second-order valence-electron chi connectivity index (χ2n) is 5.24. The molecule has 0 amide bonds. The fourth-order valence-corrected chi connectivity index (χ4v) is 2.23. The first-order valence-corrected chi connectivity index (χ1v) is 7.76. The van der Waals surface area contributed by atoms with Gasteiger partial charge in [0.2, 0.25) is 0 Å². The first-order chi connectivity index (χ1) is 11.3. The van der Waals surface area contributed by atoms with Gasteiger partial charge in [0, 0.05) is 6.04 Å². The van der Waals surface area contributed by atoms with E-state index in [9.17, 15) is 13.2 Å². The summed E-state index contributed by atoms with van der Waals surface area (Å²) in [7, 11) is 0. The second kappa shape index (κ2) is 7.57. The predicted octanol–water partition coefficient (Wildman–Crippen LogP) is 5.11. The number of amidine groups is 1. The maximum Gasteiger partial charge on any atom is 0.416 e. The van der Waals surface area contributed by atoms with E-state index >= 15 is 0 Å². The highest BCUT2D eigenvalue weighted by atomic mass is 35.5. The van der Waals surface area contributed by atoms with Crippen LogP contribution in [0.25, 0.3) is 0 Å². The van der Waals surface area contributed by atoms with Crippen molar-refractivity contribution in [2.24, 2.45) is 10.7 Å². The SMILES string of the molecule is CC(Nc1ccc(C(F)(F)F)cc1N=C(N)CCl)c1ccccc1. The van der Waals surface area contributed by atoms with Crippen LogP contribution in [0.3, 0.4) is 0 Å². The van der Waals surface area contributed by atoms with Crippen molar-refractivity contribution >= 4 is 28.8 Å². The quantitative estimate of drug-likeness (QED) is 0.445. The topological polar surface area (TPSA) is 50.4 Å². The largest absolute Gasteiger partial charge is 0.416 e. The van der Waals surface area contributed by atoms with Gasteiger partial charge in [-0.15, -0.1) is 11.6 Å². The van der Waals surface area contributed by atoms with E-state index in [-0.39, 0.29) is 23.4 Å². The average molecular weight is 356 g/mol. The molecule has 0 aliphatic rings. The van der Waals surface area contributed by atoms with Gasteiger partial charge in [-0.3, -0.25) is 0 Å². The highest BCUT2D eigenvalue weighted by Crippen LogP contribution is 2.36. The first-order valence-electron chi connectivity index (χ1n) is 7.23. The standard InChI is InChI=1S/C17H17ClF3N3/c1-11(12-5-3-2-4-6-12)23-14-8-7-13(17(19,20)21)9-15(14)24-16(22)10-18/h2-9,11,23H,10H2,1H3,(H2,22,24). The van der Waals surface area contributed by atoms with Gasteiger partial charge in [-0.25, -0.2) is 4.99 Å². The van der Waals surface area contributed by atoms with E-state index in [0.717, 1.165) is 17.7 Å². The Balaban J connectivity index is 2.38. The first kappa shape index (κ1) is 18.1. The minimum atomic E-state index is -4.45. The molecule has 2 aromatic rings. The van der Waals surface area contributed by atoms with Crippen molar-refractivity contribution in [1.29, 1.82) is 0 Å². The van der Waals surface area contributed by atoms with Gasteiger partial charge in [-0.05, 0) is 30.7 Å². The number of nitrogens with two attached hydrogens (primary N) is 1. The molecule has 2 aromatic carbocycles. The molecule has 0 aliphatic heterocycles. The molecule has 3 nitrogen and oxygen atoms in total. The van der Waals surface area contributed by atoms with Crippen LogP contribution in [0.1, 0.15) is 24.1 Å². The zero-order valence-corrected chi connectivity index (χ0v) is 13.7. The van der Waals surface area contributed by atoms with Gasteiger partial charge in [0.15, 0.2) is 0 Å². The highest BCUT2D eigenvalue weighted by Gasteiger charge is 2.31. The summed E-state index contributed by atoms with van der Waals surface area (Å²) in [6.07, 6.45) is -4.45. The predicted molar refractivity (Wildman–Crippen MR) is 91.9 cm³/mol. The molecule has 1 atom stereocenters. The molecule has 24 heavy (non-hydrogen) atoms. The maximum absolute atomic E-state index is 12.9. The van der Waals surface area contributed by atoms with Gasteiger partial charge < -0.3 is 11.1 Å². The molecule has 0 spiro atoms. The molecule has 3 N–H and O–H groups in total. The number of aliphatic imine (C=N–C) groups is 1. The summed E-state index contributed by atoms with van der Waals surface area (Å²) in [6, 6.07) is 12.7. The Hall–Kier alpha value is -2.21. The van der Waals surface area contributed by atoms with E-state index in [1.165, 1.54) is 6.07 Å². The molecule has 1 unspecified atom stereocenters. The van der Waals surface area contributed by atoms with Crippen LogP contribution >= 0.6 is 11.6 Å². The van der Waals surface area contributed by atoms with Crippen LogP contribution in [0.2, 0.25) is 0 Å². The Kier molecular flexibility index (Phi) is 5.72. The Morgan fingerprint density at radius 1 is 1.21 bits per heavy atom. The number of alkyl halides is 4. The summed E-state index contributed by atoms with van der Waals surface area (Å²) in [5.74, 6) is -0.0180. The monoisotopic (exact) mass is 355 g/mol. The number of benzene rings is 2. The molecule has 0 fully saturated rings. The molecule has 0 bridgehead atoms. The number of hydrogen-bond acceptors (Lipinski definition) is 2. The third-order valence-electron chi connectivity index (χ3n) is 3.40. The minimum Gasteiger partial charge on any atom is -0.386 e. The summed E-state index contributed by atoms with van der Waals surface area (Å²) in [4.78, 5) is 4.00. The maximum atomic E-state index is 12.9. The molecule has 0 saturated heterocycles. The summed E-state index contributed by atoms with van der Waals surface area (Å²) in [5.41, 5.74) is 6.35. The van der Waals surface area contributed by atoms with Crippen molar-refractivity contribution in [2.45, 2.75) is 19.1 Å². The molecular formula is C17H17ClF3N3. The van der Waals surface area contributed by atoms with Crippen molar-refractivity contribution in [3.05, 3.63) is 59.7 Å². The fraction of sp³-hybridized carbons (Fsp3) is 0.235. The molecule has 0 aromatic heterocycles. The minimum absolute atomic E-state index is 0.0476. The van der Waals surface area contributed by atoms with Crippen LogP contribution in [-0.2, 0) is 6.18 Å². The van der Waals surface area contributed by atoms with E-state index in [2.05, 4.69) is 10.3 Å². The summed E-state index contributed by atoms with van der Waals surface area (Å²) in [5, 5.41) is 3.16. The van der Waals surface area contributed by atoms with Crippen molar-refractivity contribution < 1.29 is 13.2 Å². The van der Waals surface area contributed by atoms with Crippen LogP contribution < -0.4 is 11.1 Å². The van der Waals surface area contributed by atoms with Crippen LogP contribution in [-0.4, -0.2) is 11.7 Å². The van der Waals surface area contributed by atoms with Crippen molar-refractivity contribution in [3.8, 4) is 0 Å². The lowest BCUT2D eigenvalue weighted by atomic mass is 10.1. The van der Waals surface area contributed by atoms with Gasteiger partial charge in [0.1, 0.15) is 5.84 Å². The van der Waals surface area contributed by atoms with Crippen molar-refractivity contribution in [2.75, 3.05) is 11.2 Å². The number of nitrogens with zero attached hydrogens (tertiary/aromatic N) is 1. The Labute approximate surface area is 143 Å². The summed E-state index contributed by atoms with van der Waals surface area (Å²) >= 11 is 5.59. The van der Waals surface area contributed by atoms with Gasteiger partial charge in [0.05, 0.1) is 22.8 Å². The Morgan fingerprint density at radius 2 is 1.88 bits per heavy atom. The molecule has 128 valence electrons. The molecule has 0 heterocycles. The average Bonchev–Trinajstić information content (AvgIpc) is 2.56. The zero-order chi connectivity index (χ0) is 17.7. The van der Waals surface area contributed by atoms with Crippen molar-refractivity contribution in [3.63, 3.8) is 0 Å². The molecule has 0 saturated carbocycles. The molecule has 2 rings (SSSR count). The van der Waals surface area contributed by atoms with Gasteiger partial charge >= 0.3 is 6.18 Å². The van der Waals surface area contributed by atoms with E-state index in [0.29, 0.717) is 5.69 Å². The number of rotatable bonds is 5. The smallest absolute Gasteiger partial charge is 0.386 e. The number of nitrogens with one attached hydrogen (secondary N) is 1. The summed E-state index contributed by atoms with van der Waals surface area (Å²) in [6.45, 7) is 1.91. The number of halogens is 4. The van der Waals surface area contributed by atoms with Gasteiger partial charge in [0.25, 0.3) is 0 Å². The van der Waals surface area contributed by atoms with Gasteiger partial charge in [-0.1, -0.05) is 30.3 Å². The van der Waals surface area contributed by atoms with Crippen LogP contribution in [0.4, 0.5) is 24.5 Å². The second-order valence-corrected chi connectivity index (χ2v) is 5.51. The molecule has 0 radical (unpaired) electrons. The normalized spacial score (nSPS) is 13.6. The van der Waals surface area contributed by atoms with Crippen LogP contribution in [0, 0.1) is 0 Å². The van der Waals surface area contributed by atoms with Crippen LogP contribution in [0.15, 0.2) is 53.5 Å². The lowest BCUT2D eigenvalue weighted by Gasteiger charge is -2.18. The van der Waals surface area contributed by atoms with E-state index in [1.807, 2.05) is 37.3 Å². The van der Waals surface area contributed by atoms with Gasteiger partial charge in [-0.2, -0.15) is 13.2 Å². The van der Waals surface area contributed by atoms with E-state index in [4.69, 9.17) is 17.3 Å². The zero-order valence-electron chi connectivity index (χ0n) is 12.9. The fourth-order valence-electron chi connectivity index (χ4n) is 2.17. The third-order valence-corrected chi connectivity index (χ3v) is 3.67. The lowest BCUT2D eigenvalue weighted by molar-refractivity contribution is -0.137. The Morgan fingerprint density at radius 3 is 2.46 bits per heavy atom. The molecule has 0 aliphatic carbocycles.